The van der Waals surface area contributed by atoms with E-state index in [0.717, 1.165) is 50.0 Å². The number of ether oxygens (including phenoxy) is 1. The standard InChI is InChI=1S/C27H24N4OS/c1-3-32-23-15-9-19(10-16-23)24-18(2)33-27-25(24)26(28-17-29-27)31-22-13-11-21(12-14-22)30-20-7-5-4-6-8-20/h4-17,30H,3H2,1-2H3,(H,28,29,31). The highest BCUT2D eigenvalue weighted by Crippen LogP contribution is 2.41. The SMILES string of the molecule is CCOc1ccc(-c2c(C)sc3ncnc(Nc4ccc(Nc5ccccc5)cc4)c23)cc1. The van der Waals surface area contributed by atoms with Crippen molar-refractivity contribution in [3.63, 3.8) is 0 Å². The number of fused-ring (bicyclic) bond motifs is 1. The third-order valence-electron chi connectivity index (χ3n) is 5.33. The molecule has 0 radical (unpaired) electrons. The van der Waals surface area contributed by atoms with Crippen molar-refractivity contribution in [1.82, 2.24) is 9.97 Å². The highest BCUT2D eigenvalue weighted by atomic mass is 32.1. The van der Waals surface area contributed by atoms with Gasteiger partial charge in [0.05, 0.1) is 12.0 Å². The Hall–Kier alpha value is -3.90. The van der Waals surface area contributed by atoms with Crippen molar-refractivity contribution in [2.24, 2.45) is 0 Å². The maximum Gasteiger partial charge on any atom is 0.143 e. The largest absolute Gasteiger partial charge is 0.494 e. The van der Waals surface area contributed by atoms with Gasteiger partial charge in [-0.3, -0.25) is 0 Å². The molecule has 0 aliphatic carbocycles. The first-order valence-corrected chi connectivity index (χ1v) is 11.7. The van der Waals surface area contributed by atoms with E-state index in [1.54, 1.807) is 17.7 Å². The lowest BCUT2D eigenvalue weighted by Gasteiger charge is -2.11. The fourth-order valence-corrected chi connectivity index (χ4v) is 4.85. The van der Waals surface area contributed by atoms with E-state index in [1.165, 1.54) is 4.88 Å². The summed E-state index contributed by atoms with van der Waals surface area (Å²) in [6.45, 7) is 4.78. The third-order valence-corrected chi connectivity index (χ3v) is 6.34. The molecule has 0 amide bonds. The Kier molecular flexibility index (Phi) is 5.91. The topological polar surface area (TPSA) is 59.1 Å². The number of thiophene rings is 1. The first-order valence-electron chi connectivity index (χ1n) is 10.9. The molecule has 0 aliphatic rings. The summed E-state index contributed by atoms with van der Waals surface area (Å²) in [5, 5.41) is 7.94. The second-order valence-corrected chi connectivity index (χ2v) is 8.79. The maximum absolute atomic E-state index is 5.61. The maximum atomic E-state index is 5.61. The Bertz CT molecular complexity index is 1360. The molecule has 0 fully saturated rings. The van der Waals surface area contributed by atoms with Crippen LogP contribution in [0.4, 0.5) is 22.9 Å². The molecule has 0 unspecified atom stereocenters. The van der Waals surface area contributed by atoms with Gasteiger partial charge < -0.3 is 15.4 Å². The van der Waals surface area contributed by atoms with Crippen LogP contribution in [0.5, 0.6) is 5.75 Å². The average molecular weight is 453 g/mol. The van der Waals surface area contributed by atoms with E-state index < -0.39 is 0 Å². The van der Waals surface area contributed by atoms with Crippen molar-refractivity contribution >= 4 is 44.4 Å². The Morgan fingerprint density at radius 3 is 2.15 bits per heavy atom. The van der Waals surface area contributed by atoms with Crippen LogP contribution in [0.25, 0.3) is 21.3 Å². The van der Waals surface area contributed by atoms with Gasteiger partial charge in [-0.25, -0.2) is 9.97 Å². The molecule has 5 aromatic rings. The van der Waals surface area contributed by atoms with Crippen molar-refractivity contribution in [2.45, 2.75) is 13.8 Å². The van der Waals surface area contributed by atoms with Crippen LogP contribution in [0.15, 0.2) is 85.2 Å². The number of aromatic nitrogens is 2. The summed E-state index contributed by atoms with van der Waals surface area (Å²) in [5.41, 5.74) is 5.34. The van der Waals surface area contributed by atoms with Crippen LogP contribution in [0, 0.1) is 6.92 Å². The molecule has 6 heteroatoms. The third kappa shape index (κ3) is 4.52. The molecule has 0 aliphatic heterocycles. The Morgan fingerprint density at radius 2 is 1.45 bits per heavy atom. The van der Waals surface area contributed by atoms with E-state index in [1.807, 2.05) is 49.4 Å². The number of nitrogens with one attached hydrogen (secondary N) is 2. The summed E-state index contributed by atoms with van der Waals surface area (Å²) in [6.07, 6.45) is 1.62. The summed E-state index contributed by atoms with van der Waals surface area (Å²) >= 11 is 1.68. The number of rotatable bonds is 7. The zero-order chi connectivity index (χ0) is 22.6. The molecular formula is C27H24N4OS. The van der Waals surface area contributed by atoms with E-state index in [-0.39, 0.29) is 0 Å². The lowest BCUT2D eigenvalue weighted by molar-refractivity contribution is 0.340. The molecule has 5 nitrogen and oxygen atoms in total. The normalized spacial score (nSPS) is 10.8. The fraction of sp³-hybridized carbons (Fsp3) is 0.111. The Labute approximate surface area is 197 Å². The molecule has 0 atom stereocenters. The zero-order valence-electron chi connectivity index (χ0n) is 18.5. The monoisotopic (exact) mass is 452 g/mol. The van der Waals surface area contributed by atoms with Crippen LogP contribution in [0.1, 0.15) is 11.8 Å². The highest BCUT2D eigenvalue weighted by Gasteiger charge is 2.17. The summed E-state index contributed by atoms with van der Waals surface area (Å²) < 4.78 is 5.61. The number of para-hydroxylation sites is 1. The second kappa shape index (κ2) is 9.30. The molecule has 0 bridgehead atoms. The van der Waals surface area contributed by atoms with Gasteiger partial charge in [0, 0.05) is 27.5 Å². The summed E-state index contributed by atoms with van der Waals surface area (Å²) in [4.78, 5) is 11.3. The number of nitrogens with zero attached hydrogens (tertiary/aromatic N) is 2. The van der Waals surface area contributed by atoms with Gasteiger partial charge in [-0.2, -0.15) is 0 Å². The summed E-state index contributed by atoms with van der Waals surface area (Å²) in [6, 6.07) is 26.6. The van der Waals surface area contributed by atoms with Crippen LogP contribution >= 0.6 is 11.3 Å². The number of aryl methyl sites for hydroxylation is 1. The first-order chi connectivity index (χ1) is 16.2. The molecule has 0 spiro atoms. The zero-order valence-corrected chi connectivity index (χ0v) is 19.3. The average Bonchev–Trinajstić information content (AvgIpc) is 3.18. The molecule has 2 heterocycles. The van der Waals surface area contributed by atoms with E-state index in [4.69, 9.17) is 4.74 Å². The van der Waals surface area contributed by atoms with Gasteiger partial charge in [0.15, 0.2) is 0 Å². The van der Waals surface area contributed by atoms with Crippen molar-refractivity contribution in [3.05, 3.63) is 90.1 Å². The van der Waals surface area contributed by atoms with Gasteiger partial charge in [-0.1, -0.05) is 30.3 Å². The molecule has 33 heavy (non-hydrogen) atoms. The van der Waals surface area contributed by atoms with E-state index in [9.17, 15) is 0 Å². The molecule has 5 rings (SSSR count). The van der Waals surface area contributed by atoms with Crippen molar-refractivity contribution in [2.75, 3.05) is 17.2 Å². The van der Waals surface area contributed by atoms with Gasteiger partial charge in [0.2, 0.25) is 0 Å². The molecule has 0 saturated heterocycles. The quantitative estimate of drug-likeness (QED) is 0.267. The van der Waals surface area contributed by atoms with Gasteiger partial charge in [0.1, 0.15) is 22.7 Å². The molecule has 2 aromatic heterocycles. The van der Waals surface area contributed by atoms with Gasteiger partial charge in [0.25, 0.3) is 0 Å². The minimum Gasteiger partial charge on any atom is -0.494 e. The number of anilines is 4. The minimum absolute atomic E-state index is 0.654. The lowest BCUT2D eigenvalue weighted by Crippen LogP contribution is -1.96. The smallest absolute Gasteiger partial charge is 0.143 e. The fourth-order valence-electron chi connectivity index (χ4n) is 3.83. The van der Waals surface area contributed by atoms with Crippen LogP contribution in [-0.2, 0) is 0 Å². The number of benzene rings is 3. The lowest BCUT2D eigenvalue weighted by atomic mass is 10.0. The second-order valence-electron chi connectivity index (χ2n) is 7.59. The van der Waals surface area contributed by atoms with Crippen LogP contribution in [-0.4, -0.2) is 16.6 Å². The molecule has 2 N–H and O–H groups in total. The van der Waals surface area contributed by atoms with Crippen LogP contribution in [0.3, 0.4) is 0 Å². The van der Waals surface area contributed by atoms with Gasteiger partial charge in [-0.05, 0) is 67.9 Å². The molecule has 0 saturated carbocycles. The van der Waals surface area contributed by atoms with Crippen molar-refractivity contribution in [1.29, 1.82) is 0 Å². The van der Waals surface area contributed by atoms with Crippen LogP contribution in [0.2, 0.25) is 0 Å². The molecule has 164 valence electrons. The summed E-state index contributed by atoms with van der Waals surface area (Å²) in [7, 11) is 0. The van der Waals surface area contributed by atoms with E-state index in [0.29, 0.717) is 6.61 Å². The Balaban J connectivity index is 1.45. The van der Waals surface area contributed by atoms with Crippen molar-refractivity contribution < 1.29 is 4.74 Å². The minimum atomic E-state index is 0.654. The summed E-state index contributed by atoms with van der Waals surface area (Å²) in [5.74, 6) is 1.68. The first kappa shape index (κ1) is 21.0. The predicted octanol–water partition coefficient (Wildman–Crippen LogP) is 7.55. The van der Waals surface area contributed by atoms with Gasteiger partial charge in [-0.15, -0.1) is 11.3 Å². The van der Waals surface area contributed by atoms with Crippen molar-refractivity contribution in [3.8, 4) is 16.9 Å². The van der Waals surface area contributed by atoms with E-state index in [2.05, 4.69) is 63.9 Å². The molecule has 3 aromatic carbocycles. The van der Waals surface area contributed by atoms with Gasteiger partial charge >= 0.3 is 0 Å². The molecular weight excluding hydrogens is 428 g/mol. The highest BCUT2D eigenvalue weighted by molar-refractivity contribution is 7.19. The van der Waals surface area contributed by atoms with Crippen LogP contribution < -0.4 is 15.4 Å². The Morgan fingerprint density at radius 1 is 0.788 bits per heavy atom. The number of hydrogen-bond donors (Lipinski definition) is 2. The van der Waals surface area contributed by atoms with E-state index >= 15 is 0 Å². The number of hydrogen-bond acceptors (Lipinski definition) is 6. The predicted molar refractivity (Wildman–Crippen MR) is 138 cm³/mol.